The van der Waals surface area contributed by atoms with E-state index in [1.54, 1.807) is 42.9 Å². The van der Waals surface area contributed by atoms with Crippen LogP contribution in [-0.4, -0.2) is 57.9 Å². The van der Waals surface area contributed by atoms with Crippen LogP contribution in [0.1, 0.15) is 29.9 Å². The third-order valence-electron chi connectivity index (χ3n) is 5.14. The normalized spacial score (nSPS) is 11.1. The fourth-order valence-electron chi connectivity index (χ4n) is 3.40. The Morgan fingerprint density at radius 3 is 2.71 bits per heavy atom. The summed E-state index contributed by atoms with van der Waals surface area (Å²) in [6.07, 6.45) is 6.04. The molecule has 0 unspecified atom stereocenters. The number of rotatable bonds is 12. The molecule has 4 aromatic rings. The van der Waals surface area contributed by atoms with Crippen molar-refractivity contribution < 1.29 is 9.53 Å². The highest BCUT2D eigenvalue weighted by molar-refractivity contribution is 7.99. The summed E-state index contributed by atoms with van der Waals surface area (Å²) in [7, 11) is 3.93. The van der Waals surface area contributed by atoms with Gasteiger partial charge in [-0.15, -0.1) is 11.3 Å². The molecule has 198 valence electrons. The van der Waals surface area contributed by atoms with Gasteiger partial charge in [0.2, 0.25) is 0 Å². The summed E-state index contributed by atoms with van der Waals surface area (Å²) in [6, 6.07) is 10.7. The van der Waals surface area contributed by atoms with Crippen molar-refractivity contribution in [3.63, 3.8) is 0 Å². The van der Waals surface area contributed by atoms with Crippen molar-refractivity contribution >= 4 is 40.0 Å². The number of benzene rings is 1. The number of aromatic nitrogens is 4. The van der Waals surface area contributed by atoms with Gasteiger partial charge in [-0.05, 0) is 62.5 Å². The van der Waals surface area contributed by atoms with Gasteiger partial charge >= 0.3 is 0 Å². The third-order valence-corrected chi connectivity index (χ3v) is 6.80. The number of thiazole rings is 1. The minimum atomic E-state index is -0.153. The smallest absolute Gasteiger partial charge is 0.251 e. The van der Waals surface area contributed by atoms with Crippen molar-refractivity contribution in [3.8, 4) is 11.5 Å². The van der Waals surface area contributed by atoms with Crippen LogP contribution in [0.2, 0.25) is 0 Å². The van der Waals surface area contributed by atoms with Gasteiger partial charge in [0.15, 0.2) is 21.9 Å². The monoisotopic (exact) mass is 549 g/mol. The molecule has 3 aromatic heterocycles. The molecular formula is C27H31N7O2S2. The first-order valence-corrected chi connectivity index (χ1v) is 13.9. The van der Waals surface area contributed by atoms with Crippen LogP contribution in [-0.2, 0) is 6.42 Å². The quantitative estimate of drug-likeness (QED) is 0.221. The number of carbonyl (C=O) groups excluding carboxylic acids is 1. The number of carbonyl (C=O) groups is 1. The van der Waals surface area contributed by atoms with E-state index in [4.69, 9.17) is 9.72 Å². The number of nitrogens with one attached hydrogen (secondary N) is 2. The van der Waals surface area contributed by atoms with Gasteiger partial charge in [-0.1, -0.05) is 19.9 Å². The number of ether oxygens (including phenoxy) is 1. The molecule has 11 heteroatoms. The molecule has 1 amide bonds. The summed E-state index contributed by atoms with van der Waals surface area (Å²) < 4.78 is 6.27. The van der Waals surface area contributed by atoms with Crippen molar-refractivity contribution in [2.75, 3.05) is 32.5 Å². The summed E-state index contributed by atoms with van der Waals surface area (Å²) in [4.78, 5) is 33.3. The summed E-state index contributed by atoms with van der Waals surface area (Å²) in [5.74, 6) is 1.91. The second-order valence-corrected chi connectivity index (χ2v) is 11.1. The van der Waals surface area contributed by atoms with Crippen LogP contribution in [0.25, 0.3) is 0 Å². The Labute approximate surface area is 231 Å². The van der Waals surface area contributed by atoms with E-state index in [-0.39, 0.29) is 5.91 Å². The minimum Gasteiger partial charge on any atom is -0.453 e. The lowest BCUT2D eigenvalue weighted by Gasteiger charge is -2.13. The number of anilines is 2. The lowest BCUT2D eigenvalue weighted by atomic mass is 10.1. The zero-order chi connectivity index (χ0) is 26.9. The molecule has 0 saturated carbocycles. The highest BCUT2D eigenvalue weighted by Gasteiger charge is 2.14. The molecule has 0 atom stereocenters. The maximum absolute atomic E-state index is 12.6. The van der Waals surface area contributed by atoms with E-state index in [2.05, 4.69) is 44.8 Å². The number of hydrogen-bond donors (Lipinski definition) is 2. The molecule has 0 saturated heterocycles. The molecule has 9 nitrogen and oxygen atoms in total. The Kier molecular flexibility index (Phi) is 9.63. The van der Waals surface area contributed by atoms with Crippen LogP contribution in [0, 0.1) is 5.92 Å². The highest BCUT2D eigenvalue weighted by atomic mass is 32.2. The molecule has 0 spiro atoms. The summed E-state index contributed by atoms with van der Waals surface area (Å²) in [5.41, 5.74) is 1.56. The average Bonchev–Trinajstić information content (AvgIpc) is 3.32. The molecular weight excluding hydrogens is 518 g/mol. The number of amides is 1. The predicted molar refractivity (Wildman–Crippen MR) is 152 cm³/mol. The van der Waals surface area contributed by atoms with Crippen LogP contribution in [0.4, 0.5) is 10.9 Å². The number of likely N-dealkylation sites (N-methyl/N-ethyl adjacent to an activating group) is 1. The first kappa shape index (κ1) is 27.5. The van der Waals surface area contributed by atoms with E-state index in [0.717, 1.165) is 28.7 Å². The molecule has 4 rings (SSSR count). The number of pyridine rings is 1. The fourth-order valence-corrected chi connectivity index (χ4v) is 4.83. The van der Waals surface area contributed by atoms with E-state index in [1.165, 1.54) is 23.1 Å². The maximum atomic E-state index is 12.6. The Balaban J connectivity index is 1.57. The summed E-state index contributed by atoms with van der Waals surface area (Å²) in [5, 5.41) is 9.63. The highest BCUT2D eigenvalue weighted by Crippen LogP contribution is 2.36. The van der Waals surface area contributed by atoms with Crippen LogP contribution in [0.15, 0.2) is 70.4 Å². The van der Waals surface area contributed by atoms with Crippen molar-refractivity contribution in [2.45, 2.75) is 30.3 Å². The Hall–Kier alpha value is -3.54. The maximum Gasteiger partial charge on any atom is 0.251 e. The Bertz CT molecular complexity index is 1350. The minimum absolute atomic E-state index is 0.153. The van der Waals surface area contributed by atoms with E-state index in [0.29, 0.717) is 40.5 Å². The second kappa shape index (κ2) is 13.3. The van der Waals surface area contributed by atoms with E-state index >= 15 is 0 Å². The van der Waals surface area contributed by atoms with E-state index in [9.17, 15) is 4.79 Å². The molecule has 0 radical (unpaired) electrons. The molecule has 0 aliphatic rings. The van der Waals surface area contributed by atoms with E-state index in [1.807, 2.05) is 31.1 Å². The molecule has 3 heterocycles. The summed E-state index contributed by atoms with van der Waals surface area (Å²) in [6.45, 7) is 5.66. The zero-order valence-corrected chi connectivity index (χ0v) is 23.5. The van der Waals surface area contributed by atoms with Crippen LogP contribution in [0.5, 0.6) is 11.5 Å². The first-order valence-electron chi connectivity index (χ1n) is 12.2. The van der Waals surface area contributed by atoms with Gasteiger partial charge in [0.1, 0.15) is 5.75 Å². The lowest BCUT2D eigenvalue weighted by Crippen LogP contribution is -2.31. The van der Waals surface area contributed by atoms with Gasteiger partial charge in [0, 0.05) is 53.6 Å². The van der Waals surface area contributed by atoms with Crippen molar-refractivity contribution in [1.29, 1.82) is 0 Å². The van der Waals surface area contributed by atoms with Crippen LogP contribution in [0.3, 0.4) is 0 Å². The van der Waals surface area contributed by atoms with Gasteiger partial charge in [-0.2, -0.15) is 0 Å². The molecule has 0 fully saturated rings. The summed E-state index contributed by atoms with van der Waals surface area (Å²) >= 11 is 2.91. The molecule has 1 aromatic carbocycles. The number of hydrogen-bond acceptors (Lipinski definition) is 10. The molecule has 0 aliphatic heterocycles. The zero-order valence-electron chi connectivity index (χ0n) is 21.8. The van der Waals surface area contributed by atoms with Gasteiger partial charge in [-0.3, -0.25) is 4.79 Å². The molecule has 38 heavy (non-hydrogen) atoms. The third kappa shape index (κ3) is 8.23. The van der Waals surface area contributed by atoms with Gasteiger partial charge in [0.25, 0.3) is 5.91 Å². The van der Waals surface area contributed by atoms with Gasteiger partial charge < -0.3 is 20.3 Å². The predicted octanol–water partition coefficient (Wildman–Crippen LogP) is 5.51. The van der Waals surface area contributed by atoms with E-state index < -0.39 is 0 Å². The van der Waals surface area contributed by atoms with Crippen molar-refractivity contribution in [2.24, 2.45) is 5.92 Å². The molecule has 0 bridgehead atoms. The van der Waals surface area contributed by atoms with Crippen LogP contribution < -0.4 is 15.4 Å². The topological polar surface area (TPSA) is 105 Å². The first-order chi connectivity index (χ1) is 18.4. The van der Waals surface area contributed by atoms with Crippen molar-refractivity contribution in [1.82, 2.24) is 30.2 Å². The van der Waals surface area contributed by atoms with Crippen molar-refractivity contribution in [3.05, 3.63) is 71.6 Å². The molecule has 2 N–H and O–H groups in total. The SMILES string of the molecule is CC(C)Cc1csc(Nc2ncc(Sc3ncccn3)cc2Oc2cccc(C(=O)NCCN(C)C)c2)n1. The number of nitrogens with zero attached hydrogens (tertiary/aromatic N) is 5. The standard InChI is InChI=1S/C27H31N7O2S2/c1-18(2)13-20-17-37-27(32-20)33-24-23(15-22(16-31-24)38-26-29-9-6-10-30-26)36-21-8-5-7-19(14-21)25(35)28-11-12-34(3)4/h5-10,14-18H,11-13H2,1-4H3,(H,28,35)(H,31,32,33). The Morgan fingerprint density at radius 2 is 1.95 bits per heavy atom. The largest absolute Gasteiger partial charge is 0.453 e. The van der Waals surface area contributed by atoms with Gasteiger partial charge in [0.05, 0.1) is 5.69 Å². The Morgan fingerprint density at radius 1 is 1.13 bits per heavy atom. The lowest BCUT2D eigenvalue weighted by molar-refractivity contribution is 0.0950. The second-order valence-electron chi connectivity index (χ2n) is 9.21. The van der Waals surface area contributed by atoms with Gasteiger partial charge in [-0.25, -0.2) is 19.9 Å². The average molecular weight is 550 g/mol. The van der Waals surface area contributed by atoms with Crippen LogP contribution >= 0.6 is 23.1 Å². The molecule has 0 aliphatic carbocycles. The fraction of sp³-hybridized carbons (Fsp3) is 0.296.